The SMILES string of the molecule is COC[C@H](C)NC(=O)c1ccccc1NS(=O)(=O)c1ccc2[nH]c(=O)[nH]c2c1. The molecule has 0 saturated carbocycles. The van der Waals surface area contributed by atoms with Crippen molar-refractivity contribution in [3.63, 3.8) is 0 Å². The maximum Gasteiger partial charge on any atom is 0.323 e. The van der Waals surface area contributed by atoms with Gasteiger partial charge in [-0.1, -0.05) is 12.1 Å². The molecule has 0 aliphatic heterocycles. The third-order valence-electron chi connectivity index (χ3n) is 4.01. The van der Waals surface area contributed by atoms with Gasteiger partial charge in [0.2, 0.25) is 0 Å². The monoisotopic (exact) mass is 404 g/mol. The van der Waals surface area contributed by atoms with Gasteiger partial charge in [-0.05, 0) is 37.3 Å². The number of amides is 1. The number of H-pyrrole nitrogens is 2. The van der Waals surface area contributed by atoms with Gasteiger partial charge in [-0.25, -0.2) is 13.2 Å². The van der Waals surface area contributed by atoms with E-state index in [9.17, 15) is 18.0 Å². The predicted molar refractivity (Wildman–Crippen MR) is 105 cm³/mol. The predicted octanol–water partition coefficient (Wildman–Crippen LogP) is 1.42. The Hall–Kier alpha value is -3.11. The smallest absolute Gasteiger partial charge is 0.323 e. The first-order valence-corrected chi connectivity index (χ1v) is 9.92. The molecule has 0 saturated heterocycles. The molecule has 0 unspecified atom stereocenters. The molecule has 28 heavy (non-hydrogen) atoms. The van der Waals surface area contributed by atoms with Crippen LogP contribution in [0.5, 0.6) is 0 Å². The molecule has 1 atom stereocenters. The van der Waals surface area contributed by atoms with E-state index in [1.807, 2.05) is 0 Å². The van der Waals surface area contributed by atoms with Crippen LogP contribution in [0.25, 0.3) is 11.0 Å². The fraction of sp³-hybridized carbons (Fsp3) is 0.222. The van der Waals surface area contributed by atoms with Crippen molar-refractivity contribution >= 4 is 32.7 Å². The number of nitrogens with one attached hydrogen (secondary N) is 4. The average Bonchev–Trinajstić information content (AvgIpc) is 3.01. The lowest BCUT2D eigenvalue weighted by molar-refractivity contribution is 0.0906. The number of fused-ring (bicyclic) bond motifs is 1. The number of carbonyl (C=O) groups excluding carboxylic acids is 1. The van der Waals surface area contributed by atoms with Gasteiger partial charge in [-0.2, -0.15) is 0 Å². The molecule has 0 spiro atoms. The summed E-state index contributed by atoms with van der Waals surface area (Å²) < 4.78 is 33.0. The maximum atomic E-state index is 12.8. The van der Waals surface area contributed by atoms with Crippen molar-refractivity contribution in [1.82, 2.24) is 15.3 Å². The lowest BCUT2D eigenvalue weighted by Gasteiger charge is -2.16. The third kappa shape index (κ3) is 4.24. The van der Waals surface area contributed by atoms with E-state index >= 15 is 0 Å². The third-order valence-corrected chi connectivity index (χ3v) is 5.37. The summed E-state index contributed by atoms with van der Waals surface area (Å²) in [6.07, 6.45) is 0. The lowest BCUT2D eigenvalue weighted by Crippen LogP contribution is -2.36. The molecule has 1 aromatic heterocycles. The first kappa shape index (κ1) is 19.6. The van der Waals surface area contributed by atoms with Crippen LogP contribution < -0.4 is 15.7 Å². The first-order valence-electron chi connectivity index (χ1n) is 8.44. The molecule has 10 heteroatoms. The molecule has 0 fully saturated rings. The zero-order valence-corrected chi connectivity index (χ0v) is 16.1. The van der Waals surface area contributed by atoms with Gasteiger partial charge in [0.15, 0.2) is 0 Å². The van der Waals surface area contributed by atoms with Crippen LogP contribution >= 0.6 is 0 Å². The number of imidazole rings is 1. The van der Waals surface area contributed by atoms with Crippen LogP contribution in [-0.4, -0.2) is 44.1 Å². The number of rotatable bonds is 7. The van der Waals surface area contributed by atoms with Crippen molar-refractivity contribution in [2.75, 3.05) is 18.4 Å². The van der Waals surface area contributed by atoms with E-state index in [-0.39, 0.29) is 22.2 Å². The highest BCUT2D eigenvalue weighted by atomic mass is 32.2. The summed E-state index contributed by atoms with van der Waals surface area (Å²) in [6, 6.07) is 10.3. The van der Waals surface area contributed by atoms with E-state index in [4.69, 9.17) is 4.74 Å². The summed E-state index contributed by atoms with van der Waals surface area (Å²) in [5, 5.41) is 2.75. The van der Waals surface area contributed by atoms with Crippen LogP contribution in [0, 0.1) is 0 Å². The lowest BCUT2D eigenvalue weighted by atomic mass is 10.1. The fourth-order valence-electron chi connectivity index (χ4n) is 2.75. The number of benzene rings is 2. The second-order valence-corrected chi connectivity index (χ2v) is 7.95. The molecule has 1 amide bonds. The Bertz CT molecular complexity index is 1170. The minimum Gasteiger partial charge on any atom is -0.383 e. The summed E-state index contributed by atoms with van der Waals surface area (Å²) in [7, 11) is -2.45. The molecule has 0 bridgehead atoms. The van der Waals surface area contributed by atoms with E-state index in [2.05, 4.69) is 20.0 Å². The zero-order chi connectivity index (χ0) is 20.3. The summed E-state index contributed by atoms with van der Waals surface area (Å²) in [4.78, 5) is 28.9. The van der Waals surface area contributed by atoms with Gasteiger partial charge in [-0.15, -0.1) is 0 Å². The van der Waals surface area contributed by atoms with Crippen LogP contribution in [-0.2, 0) is 14.8 Å². The van der Waals surface area contributed by atoms with Crippen LogP contribution in [0.2, 0.25) is 0 Å². The van der Waals surface area contributed by atoms with E-state index in [1.54, 1.807) is 19.1 Å². The van der Waals surface area contributed by atoms with Crippen LogP contribution in [0.1, 0.15) is 17.3 Å². The molecular weight excluding hydrogens is 384 g/mol. The molecule has 4 N–H and O–H groups in total. The molecule has 3 rings (SSSR count). The van der Waals surface area contributed by atoms with E-state index < -0.39 is 21.6 Å². The Labute approximate surface area is 161 Å². The van der Waals surface area contributed by atoms with Gasteiger partial charge in [0.1, 0.15) is 0 Å². The van der Waals surface area contributed by atoms with E-state index in [0.717, 1.165) is 0 Å². The Balaban J connectivity index is 1.89. The number of aromatic nitrogens is 2. The fourth-order valence-corrected chi connectivity index (χ4v) is 3.85. The van der Waals surface area contributed by atoms with E-state index in [1.165, 1.54) is 37.4 Å². The largest absolute Gasteiger partial charge is 0.383 e. The Kier molecular flexibility index (Phi) is 5.52. The van der Waals surface area contributed by atoms with Gasteiger partial charge in [0.25, 0.3) is 15.9 Å². The normalized spacial score (nSPS) is 12.6. The van der Waals surface area contributed by atoms with Crippen molar-refractivity contribution in [1.29, 1.82) is 0 Å². The Morgan fingerprint density at radius 1 is 1.14 bits per heavy atom. The van der Waals surface area contributed by atoms with Crippen molar-refractivity contribution < 1.29 is 17.9 Å². The number of para-hydroxylation sites is 1. The van der Waals surface area contributed by atoms with Gasteiger partial charge in [-0.3, -0.25) is 9.52 Å². The molecule has 3 aromatic rings. The second-order valence-electron chi connectivity index (χ2n) is 6.27. The number of methoxy groups -OCH3 is 1. The van der Waals surface area contributed by atoms with Crippen molar-refractivity contribution in [3.05, 3.63) is 58.5 Å². The highest BCUT2D eigenvalue weighted by Gasteiger charge is 2.20. The number of hydrogen-bond acceptors (Lipinski definition) is 5. The summed E-state index contributed by atoms with van der Waals surface area (Å²) >= 11 is 0. The highest BCUT2D eigenvalue weighted by Crippen LogP contribution is 2.22. The van der Waals surface area contributed by atoms with Gasteiger partial charge < -0.3 is 20.0 Å². The minimum absolute atomic E-state index is 0.0433. The number of carbonyl (C=O) groups is 1. The Morgan fingerprint density at radius 2 is 1.86 bits per heavy atom. The number of hydrogen-bond donors (Lipinski definition) is 4. The van der Waals surface area contributed by atoms with Crippen LogP contribution in [0.15, 0.2) is 52.2 Å². The molecule has 1 heterocycles. The summed E-state index contributed by atoms with van der Waals surface area (Å²) in [6.45, 7) is 2.11. The quantitative estimate of drug-likeness (QED) is 0.473. The van der Waals surface area contributed by atoms with Crippen molar-refractivity contribution in [2.24, 2.45) is 0 Å². The number of ether oxygens (including phenoxy) is 1. The van der Waals surface area contributed by atoms with Gasteiger partial charge in [0, 0.05) is 13.2 Å². The minimum atomic E-state index is -3.98. The highest BCUT2D eigenvalue weighted by molar-refractivity contribution is 7.92. The second kappa shape index (κ2) is 7.87. The molecule has 0 aliphatic carbocycles. The number of sulfonamides is 1. The average molecular weight is 404 g/mol. The molecule has 0 aliphatic rings. The standard InChI is InChI=1S/C18H20N4O5S/c1-11(10-27-2)19-17(23)13-5-3-4-6-14(13)22-28(25,26)12-7-8-15-16(9-12)21-18(24)20-15/h3-9,11,22H,10H2,1-2H3,(H,19,23)(H2,20,21,24)/t11-/m0/s1. The summed E-state index contributed by atoms with van der Waals surface area (Å²) in [5.74, 6) is -0.423. The van der Waals surface area contributed by atoms with Crippen LogP contribution in [0.4, 0.5) is 5.69 Å². The van der Waals surface area contributed by atoms with Crippen LogP contribution in [0.3, 0.4) is 0 Å². The Morgan fingerprint density at radius 3 is 2.61 bits per heavy atom. The maximum absolute atomic E-state index is 12.8. The van der Waals surface area contributed by atoms with E-state index in [0.29, 0.717) is 17.6 Å². The van der Waals surface area contributed by atoms with Gasteiger partial charge in [0.05, 0.1) is 33.8 Å². The van der Waals surface area contributed by atoms with Crippen molar-refractivity contribution in [3.8, 4) is 0 Å². The zero-order valence-electron chi connectivity index (χ0n) is 15.3. The topological polar surface area (TPSA) is 133 Å². The van der Waals surface area contributed by atoms with Crippen molar-refractivity contribution in [2.45, 2.75) is 17.9 Å². The molecular formula is C18H20N4O5S. The number of aromatic amines is 2. The first-order chi connectivity index (χ1) is 13.3. The molecule has 2 aromatic carbocycles. The van der Waals surface area contributed by atoms with Gasteiger partial charge >= 0.3 is 5.69 Å². The molecule has 9 nitrogen and oxygen atoms in total. The summed E-state index contributed by atoms with van der Waals surface area (Å²) in [5.41, 5.74) is 0.769. The number of anilines is 1. The molecule has 148 valence electrons. The molecule has 0 radical (unpaired) electrons.